The Morgan fingerprint density at radius 2 is 2.00 bits per heavy atom. The van der Waals surface area contributed by atoms with Gasteiger partial charge < -0.3 is 10.1 Å². The van der Waals surface area contributed by atoms with E-state index >= 15 is 0 Å². The number of ether oxygens (including phenoxy) is 1. The van der Waals surface area contributed by atoms with Gasteiger partial charge in [-0.2, -0.15) is 0 Å². The van der Waals surface area contributed by atoms with Crippen molar-refractivity contribution < 1.29 is 4.74 Å². The zero-order valence-electron chi connectivity index (χ0n) is 11.7. The largest absolute Gasteiger partial charge is 0.381 e. The summed E-state index contributed by atoms with van der Waals surface area (Å²) in [7, 11) is 0. The molecule has 0 amide bonds. The number of aryl methyl sites for hydroxylation is 2. The first kappa shape index (κ1) is 12.7. The summed E-state index contributed by atoms with van der Waals surface area (Å²) in [5.41, 5.74) is 4.37. The molecule has 1 fully saturated rings. The Balaban J connectivity index is 1.50. The van der Waals surface area contributed by atoms with Gasteiger partial charge >= 0.3 is 0 Å². The molecule has 2 heterocycles. The second kappa shape index (κ2) is 5.08. The van der Waals surface area contributed by atoms with Gasteiger partial charge in [-0.3, -0.25) is 4.99 Å². The molecule has 1 N–H and O–H groups in total. The minimum Gasteiger partial charge on any atom is -0.381 e. The Labute approximate surface area is 124 Å². The van der Waals surface area contributed by atoms with Crippen LogP contribution >= 0.6 is 11.8 Å². The monoisotopic (exact) mass is 288 g/mol. The van der Waals surface area contributed by atoms with Crippen molar-refractivity contribution in [1.82, 2.24) is 0 Å². The predicted octanol–water partition coefficient (Wildman–Crippen LogP) is 3.24. The van der Waals surface area contributed by atoms with Crippen LogP contribution in [0.25, 0.3) is 0 Å². The molecule has 0 unspecified atom stereocenters. The first-order chi connectivity index (χ1) is 9.83. The van der Waals surface area contributed by atoms with Gasteiger partial charge in [-0.15, -0.1) is 0 Å². The Kier molecular flexibility index (Phi) is 3.23. The summed E-state index contributed by atoms with van der Waals surface area (Å²) in [6, 6.07) is 6.78. The van der Waals surface area contributed by atoms with Gasteiger partial charge in [0.1, 0.15) is 0 Å². The standard InChI is InChI=1S/C16H20N2OS/c1-2-12-4-5-14(10-13(12)3-1)17-15-18-16(11-20-15)6-8-19-9-7-16/h4-5,10H,1-3,6-9,11H2,(H,17,18). The van der Waals surface area contributed by atoms with Crippen LogP contribution in [0.3, 0.4) is 0 Å². The van der Waals surface area contributed by atoms with E-state index in [1.54, 1.807) is 0 Å². The van der Waals surface area contributed by atoms with Crippen LogP contribution in [0.2, 0.25) is 0 Å². The van der Waals surface area contributed by atoms with Crippen LogP contribution < -0.4 is 5.32 Å². The highest BCUT2D eigenvalue weighted by molar-refractivity contribution is 8.14. The summed E-state index contributed by atoms with van der Waals surface area (Å²) in [5.74, 6) is 1.10. The summed E-state index contributed by atoms with van der Waals surface area (Å²) < 4.78 is 5.46. The van der Waals surface area contributed by atoms with Crippen molar-refractivity contribution in [3.63, 3.8) is 0 Å². The van der Waals surface area contributed by atoms with Crippen molar-refractivity contribution in [1.29, 1.82) is 0 Å². The summed E-state index contributed by atoms with van der Waals surface area (Å²) in [5, 5.41) is 4.60. The highest BCUT2D eigenvalue weighted by atomic mass is 32.2. The third-order valence-corrected chi connectivity index (χ3v) is 5.74. The molecule has 0 radical (unpaired) electrons. The molecule has 4 rings (SSSR count). The van der Waals surface area contributed by atoms with E-state index in [1.807, 2.05) is 11.8 Å². The number of fused-ring (bicyclic) bond motifs is 1. The van der Waals surface area contributed by atoms with Crippen molar-refractivity contribution in [2.75, 3.05) is 24.3 Å². The summed E-state index contributed by atoms with van der Waals surface area (Å²) in [6.07, 6.45) is 5.91. The highest BCUT2D eigenvalue weighted by Crippen LogP contribution is 2.36. The Morgan fingerprint density at radius 1 is 1.15 bits per heavy atom. The number of anilines is 1. The third-order valence-electron chi connectivity index (χ3n) is 4.59. The van der Waals surface area contributed by atoms with Crippen LogP contribution in [0.4, 0.5) is 5.69 Å². The average molecular weight is 288 g/mol. The van der Waals surface area contributed by atoms with Crippen LogP contribution in [0.15, 0.2) is 23.2 Å². The number of amidine groups is 1. The lowest BCUT2D eigenvalue weighted by Gasteiger charge is -2.29. The molecule has 3 nitrogen and oxygen atoms in total. The Bertz CT molecular complexity index is 549. The van der Waals surface area contributed by atoms with Gasteiger partial charge in [0.25, 0.3) is 0 Å². The van der Waals surface area contributed by atoms with E-state index in [4.69, 9.17) is 9.73 Å². The molecular weight excluding hydrogens is 268 g/mol. The van der Waals surface area contributed by atoms with Crippen molar-refractivity contribution in [2.24, 2.45) is 4.99 Å². The number of benzene rings is 1. The minimum absolute atomic E-state index is 0.141. The number of aliphatic imine (C=N–C) groups is 1. The first-order valence-corrected chi connectivity index (χ1v) is 8.51. The van der Waals surface area contributed by atoms with E-state index in [2.05, 4.69) is 23.5 Å². The fourth-order valence-corrected chi connectivity index (χ4v) is 4.53. The van der Waals surface area contributed by atoms with E-state index < -0.39 is 0 Å². The second-order valence-electron chi connectivity index (χ2n) is 6.00. The molecule has 1 aromatic rings. The summed E-state index contributed by atoms with van der Waals surface area (Å²) in [6.45, 7) is 1.71. The normalized spacial score (nSPS) is 23.7. The summed E-state index contributed by atoms with van der Waals surface area (Å²) in [4.78, 5) is 4.96. The maximum absolute atomic E-state index is 5.46. The molecule has 1 aliphatic carbocycles. The SMILES string of the molecule is c1cc2c(cc1NC1=NC3(CCOCC3)CS1)CCC2. The predicted molar refractivity (Wildman–Crippen MR) is 84.8 cm³/mol. The lowest BCUT2D eigenvalue weighted by atomic mass is 9.93. The molecule has 0 saturated carbocycles. The lowest BCUT2D eigenvalue weighted by Crippen LogP contribution is -2.34. The van der Waals surface area contributed by atoms with Gasteiger partial charge in [-0.25, -0.2) is 0 Å². The van der Waals surface area contributed by atoms with Crippen LogP contribution in [0, 0.1) is 0 Å². The number of hydrogen-bond acceptors (Lipinski definition) is 4. The number of nitrogens with one attached hydrogen (secondary N) is 1. The molecule has 0 aromatic heterocycles. The van der Waals surface area contributed by atoms with Gasteiger partial charge in [0.2, 0.25) is 0 Å². The van der Waals surface area contributed by atoms with Crippen molar-refractivity contribution in [2.45, 2.75) is 37.6 Å². The minimum atomic E-state index is 0.141. The summed E-state index contributed by atoms with van der Waals surface area (Å²) >= 11 is 1.86. The Hall–Kier alpha value is -1.000. The third kappa shape index (κ3) is 2.35. The molecule has 0 bridgehead atoms. The molecule has 3 aliphatic rings. The molecular formula is C16H20N2OS. The molecule has 1 spiro atoms. The molecule has 0 atom stereocenters. The van der Waals surface area contributed by atoms with E-state index in [0.29, 0.717) is 0 Å². The van der Waals surface area contributed by atoms with Crippen LogP contribution in [0.1, 0.15) is 30.4 Å². The zero-order valence-corrected chi connectivity index (χ0v) is 12.5. The van der Waals surface area contributed by atoms with Crippen molar-refractivity contribution >= 4 is 22.6 Å². The van der Waals surface area contributed by atoms with Gasteiger partial charge in [0, 0.05) is 24.7 Å². The zero-order chi connectivity index (χ0) is 13.4. The maximum Gasteiger partial charge on any atom is 0.161 e. The highest BCUT2D eigenvalue weighted by Gasteiger charge is 2.37. The average Bonchev–Trinajstić information content (AvgIpc) is 3.07. The van der Waals surface area contributed by atoms with Gasteiger partial charge in [0.05, 0.1) is 5.54 Å². The van der Waals surface area contributed by atoms with E-state index in [1.165, 1.54) is 36.1 Å². The van der Waals surface area contributed by atoms with Crippen molar-refractivity contribution in [3.05, 3.63) is 29.3 Å². The quantitative estimate of drug-likeness (QED) is 0.861. The Morgan fingerprint density at radius 3 is 2.90 bits per heavy atom. The molecule has 2 aliphatic heterocycles. The second-order valence-corrected chi connectivity index (χ2v) is 6.97. The van der Waals surface area contributed by atoms with Crippen LogP contribution in [-0.4, -0.2) is 29.7 Å². The van der Waals surface area contributed by atoms with Crippen molar-refractivity contribution in [3.8, 4) is 0 Å². The first-order valence-electron chi connectivity index (χ1n) is 7.52. The number of rotatable bonds is 1. The van der Waals surface area contributed by atoms with Crippen LogP contribution in [-0.2, 0) is 17.6 Å². The topological polar surface area (TPSA) is 33.6 Å². The maximum atomic E-state index is 5.46. The molecule has 1 aromatic carbocycles. The molecule has 4 heteroatoms. The molecule has 1 saturated heterocycles. The van der Waals surface area contributed by atoms with Gasteiger partial charge in [-0.05, 0) is 55.4 Å². The number of nitrogens with zero attached hydrogens (tertiary/aromatic N) is 1. The van der Waals surface area contributed by atoms with Gasteiger partial charge in [0.15, 0.2) is 5.17 Å². The number of thioether (sulfide) groups is 1. The fourth-order valence-electron chi connectivity index (χ4n) is 3.33. The van der Waals surface area contributed by atoms with E-state index in [9.17, 15) is 0 Å². The number of hydrogen-bond donors (Lipinski definition) is 1. The lowest BCUT2D eigenvalue weighted by molar-refractivity contribution is 0.0624. The van der Waals surface area contributed by atoms with E-state index in [0.717, 1.165) is 37.0 Å². The molecule has 106 valence electrons. The van der Waals surface area contributed by atoms with Gasteiger partial charge in [-0.1, -0.05) is 17.8 Å². The molecule has 20 heavy (non-hydrogen) atoms. The smallest absolute Gasteiger partial charge is 0.161 e. The van der Waals surface area contributed by atoms with E-state index in [-0.39, 0.29) is 5.54 Å². The fraction of sp³-hybridized carbons (Fsp3) is 0.562. The van der Waals surface area contributed by atoms with Crippen LogP contribution in [0.5, 0.6) is 0 Å².